The summed E-state index contributed by atoms with van der Waals surface area (Å²) in [4.78, 5) is 51.2. The number of benzene rings is 1. The van der Waals surface area contributed by atoms with Crippen LogP contribution < -0.4 is 17.0 Å². The van der Waals surface area contributed by atoms with Crippen LogP contribution in [0, 0.1) is 5.41 Å². The van der Waals surface area contributed by atoms with Gasteiger partial charge in [-0.15, -0.1) is 0 Å². The number of nitrogen functional groups attached to an aromatic ring is 1. The number of aryl methyl sites for hydroxylation is 1. The molecule has 1 fully saturated rings. The quantitative estimate of drug-likeness (QED) is 0.169. The van der Waals surface area contributed by atoms with Crippen molar-refractivity contribution in [1.82, 2.24) is 19.4 Å². The third kappa shape index (κ3) is 7.06. The lowest BCUT2D eigenvalue weighted by Gasteiger charge is -2.15. The number of carbonyl (C=O) groups is 2. The smallest absolute Gasteiger partial charge is 0.331 e. The SMILES string of the molecule is CCCCCCCC1C(=O)N(C)C(=O)N1C.N=C(N)c1c(O)n(CCc2ccccc2)c(=O)[nH]c1=O. The molecule has 1 unspecified atom stereocenters. The number of hydrogen-bond donors (Lipinski definition) is 4. The van der Waals surface area contributed by atoms with E-state index in [1.54, 1.807) is 19.0 Å². The summed E-state index contributed by atoms with van der Waals surface area (Å²) in [6.07, 6.45) is 7.19. The highest BCUT2D eigenvalue weighted by Gasteiger charge is 2.39. The number of unbranched alkanes of at least 4 members (excludes halogenated alkanes) is 4. The zero-order valence-electron chi connectivity index (χ0n) is 21.1. The predicted octanol–water partition coefficient (Wildman–Crippen LogP) is 2.01. The molecule has 3 rings (SSSR count). The van der Waals surface area contributed by atoms with Crippen molar-refractivity contribution >= 4 is 17.8 Å². The Morgan fingerprint density at radius 1 is 1.06 bits per heavy atom. The van der Waals surface area contributed by atoms with Crippen LogP contribution in [0.1, 0.15) is 56.6 Å². The van der Waals surface area contributed by atoms with E-state index in [0.29, 0.717) is 6.42 Å². The van der Waals surface area contributed by atoms with Gasteiger partial charge in [-0.25, -0.2) is 9.59 Å². The van der Waals surface area contributed by atoms with E-state index in [4.69, 9.17) is 11.1 Å². The average molecular weight is 501 g/mol. The molecule has 36 heavy (non-hydrogen) atoms. The number of carbonyl (C=O) groups excluding carboxylic acids is 2. The summed E-state index contributed by atoms with van der Waals surface area (Å²) >= 11 is 0. The molecule has 1 aliphatic heterocycles. The van der Waals surface area contributed by atoms with Crippen LogP contribution in [-0.2, 0) is 17.8 Å². The van der Waals surface area contributed by atoms with Crippen molar-refractivity contribution in [3.8, 4) is 5.88 Å². The third-order valence-electron chi connectivity index (χ3n) is 6.16. The monoisotopic (exact) mass is 500 g/mol. The second-order valence-corrected chi connectivity index (χ2v) is 8.77. The molecule has 0 saturated carbocycles. The molecule has 0 aliphatic carbocycles. The number of imide groups is 1. The van der Waals surface area contributed by atoms with Gasteiger partial charge in [-0.3, -0.25) is 29.4 Å². The average Bonchev–Trinajstić information content (AvgIpc) is 3.02. The number of rotatable bonds is 10. The molecule has 0 bridgehead atoms. The number of aromatic nitrogens is 2. The van der Waals surface area contributed by atoms with Crippen LogP contribution in [0.4, 0.5) is 4.79 Å². The topological polar surface area (TPSA) is 166 Å². The number of nitrogens with two attached hydrogens (primary N) is 1. The van der Waals surface area contributed by atoms with Crippen LogP contribution in [-0.4, -0.2) is 62.4 Å². The number of hydrogen-bond acceptors (Lipinski definition) is 6. The van der Waals surface area contributed by atoms with Crippen molar-refractivity contribution in [2.45, 2.75) is 64.5 Å². The van der Waals surface area contributed by atoms with Gasteiger partial charge < -0.3 is 15.7 Å². The van der Waals surface area contributed by atoms with E-state index in [2.05, 4.69) is 6.92 Å². The van der Waals surface area contributed by atoms with Crippen molar-refractivity contribution in [3.05, 3.63) is 62.3 Å². The summed E-state index contributed by atoms with van der Waals surface area (Å²) in [5, 5.41) is 17.2. The van der Waals surface area contributed by atoms with Crippen molar-refractivity contribution < 1.29 is 14.7 Å². The number of amides is 3. The molecule has 11 heteroatoms. The first kappa shape index (κ1) is 28.3. The van der Waals surface area contributed by atoms with Crippen molar-refractivity contribution in [3.63, 3.8) is 0 Å². The van der Waals surface area contributed by atoms with Gasteiger partial charge in [-0.2, -0.15) is 0 Å². The van der Waals surface area contributed by atoms with Crippen molar-refractivity contribution in [2.24, 2.45) is 5.73 Å². The lowest BCUT2D eigenvalue weighted by atomic mass is 10.1. The van der Waals surface area contributed by atoms with E-state index in [1.807, 2.05) is 35.3 Å². The molecular formula is C25H36N6O5. The van der Waals surface area contributed by atoms with Gasteiger partial charge in [-0.05, 0) is 18.4 Å². The van der Waals surface area contributed by atoms with E-state index in [-0.39, 0.29) is 24.5 Å². The number of urea groups is 1. The van der Waals surface area contributed by atoms with Gasteiger partial charge in [0, 0.05) is 20.6 Å². The Labute approximate surface area is 210 Å². The van der Waals surface area contributed by atoms with E-state index >= 15 is 0 Å². The van der Waals surface area contributed by atoms with E-state index in [0.717, 1.165) is 29.4 Å². The normalized spacial score (nSPS) is 15.1. The molecule has 1 saturated heterocycles. The summed E-state index contributed by atoms with van der Waals surface area (Å²) in [7, 11) is 3.26. The first-order valence-corrected chi connectivity index (χ1v) is 12.1. The molecule has 1 aromatic carbocycles. The summed E-state index contributed by atoms with van der Waals surface area (Å²) in [6.45, 7) is 2.35. The first-order valence-electron chi connectivity index (χ1n) is 12.1. The summed E-state index contributed by atoms with van der Waals surface area (Å²) < 4.78 is 0.991. The van der Waals surface area contributed by atoms with Crippen molar-refractivity contribution in [1.29, 1.82) is 5.41 Å². The Kier molecular flexibility index (Phi) is 10.4. The molecule has 2 aromatic rings. The zero-order valence-corrected chi connectivity index (χ0v) is 21.1. The van der Waals surface area contributed by atoms with Crippen LogP contribution in [0.5, 0.6) is 5.88 Å². The number of H-pyrrole nitrogens is 1. The van der Waals surface area contributed by atoms with E-state index in [1.165, 1.54) is 24.2 Å². The third-order valence-corrected chi connectivity index (χ3v) is 6.16. The largest absolute Gasteiger partial charge is 0.494 e. The fourth-order valence-corrected chi connectivity index (χ4v) is 4.01. The van der Waals surface area contributed by atoms with Gasteiger partial charge in [0.15, 0.2) is 0 Å². The number of nitrogens with one attached hydrogen (secondary N) is 2. The summed E-state index contributed by atoms with van der Waals surface area (Å²) in [5.41, 5.74) is 4.23. The zero-order chi connectivity index (χ0) is 26.8. The van der Waals surface area contributed by atoms with E-state index < -0.39 is 28.5 Å². The molecule has 1 atom stereocenters. The van der Waals surface area contributed by atoms with E-state index in [9.17, 15) is 24.3 Å². The second-order valence-electron chi connectivity index (χ2n) is 8.77. The Balaban J connectivity index is 0.000000261. The molecule has 0 spiro atoms. The minimum absolute atomic E-state index is 0.0528. The highest BCUT2D eigenvalue weighted by Crippen LogP contribution is 2.19. The molecule has 1 aromatic heterocycles. The van der Waals surface area contributed by atoms with Crippen LogP contribution in [0.3, 0.4) is 0 Å². The minimum atomic E-state index is -0.865. The lowest BCUT2D eigenvalue weighted by Crippen LogP contribution is -2.36. The highest BCUT2D eigenvalue weighted by atomic mass is 16.3. The Hall–Kier alpha value is -3.89. The van der Waals surface area contributed by atoms with Crippen LogP contribution in [0.2, 0.25) is 0 Å². The molecule has 3 amide bonds. The first-order chi connectivity index (χ1) is 17.1. The minimum Gasteiger partial charge on any atom is -0.494 e. The number of aromatic hydroxyl groups is 1. The van der Waals surface area contributed by atoms with Crippen molar-refractivity contribution in [2.75, 3.05) is 14.1 Å². The number of amidine groups is 1. The van der Waals surface area contributed by atoms with Crippen LogP contribution >= 0.6 is 0 Å². The van der Waals surface area contributed by atoms with Crippen LogP contribution in [0.15, 0.2) is 39.9 Å². The molecule has 11 nitrogen and oxygen atoms in total. The van der Waals surface area contributed by atoms with Gasteiger partial charge in [0.2, 0.25) is 5.88 Å². The highest BCUT2D eigenvalue weighted by molar-refractivity contribution is 6.03. The Morgan fingerprint density at radius 2 is 1.69 bits per heavy atom. The molecular weight excluding hydrogens is 464 g/mol. The van der Waals surface area contributed by atoms with Gasteiger partial charge in [0.05, 0.1) is 0 Å². The molecule has 0 radical (unpaired) electrons. The van der Waals surface area contributed by atoms with Crippen LogP contribution in [0.25, 0.3) is 0 Å². The number of likely N-dealkylation sites (N-methyl/N-ethyl adjacent to an activating group) is 2. The maximum Gasteiger partial charge on any atom is 0.331 e. The van der Waals surface area contributed by atoms with Gasteiger partial charge in [0.25, 0.3) is 11.5 Å². The molecule has 5 N–H and O–H groups in total. The predicted molar refractivity (Wildman–Crippen MR) is 137 cm³/mol. The fraction of sp³-hybridized carbons (Fsp3) is 0.480. The fourth-order valence-electron chi connectivity index (χ4n) is 4.01. The summed E-state index contributed by atoms with van der Waals surface area (Å²) in [5.74, 6) is -1.22. The summed E-state index contributed by atoms with van der Waals surface area (Å²) in [6, 6.07) is 8.99. The van der Waals surface area contributed by atoms with Gasteiger partial charge >= 0.3 is 11.7 Å². The second kappa shape index (κ2) is 13.3. The maximum absolute atomic E-state index is 11.7. The number of aromatic amines is 1. The molecule has 196 valence electrons. The van der Waals surface area contributed by atoms with Gasteiger partial charge in [0.1, 0.15) is 17.4 Å². The maximum atomic E-state index is 11.7. The number of nitrogens with zero attached hydrogens (tertiary/aromatic N) is 3. The molecule has 2 heterocycles. The van der Waals surface area contributed by atoms with Gasteiger partial charge in [-0.1, -0.05) is 69.4 Å². The lowest BCUT2D eigenvalue weighted by molar-refractivity contribution is -0.127. The standard InChI is InChI=1S/C13H14N4O3.C12H22N2O2/c14-10(15)9-11(18)16-13(20)17(12(9)19)7-6-8-4-2-1-3-5-8;1-4-5-6-7-8-9-10-11(15)14(3)12(16)13(10)2/h1-5,19H,6-7H2,(H3,14,15)(H,16,18,20);10H,4-9H2,1-3H3. The Morgan fingerprint density at radius 3 is 2.25 bits per heavy atom. The molecule has 1 aliphatic rings. The Bertz CT molecular complexity index is 1170.